The van der Waals surface area contributed by atoms with E-state index in [9.17, 15) is 0 Å². The Balaban J connectivity index is 1.70. The third-order valence-electron chi connectivity index (χ3n) is 4.77. The average Bonchev–Trinajstić information content (AvgIpc) is 2.98. The summed E-state index contributed by atoms with van der Waals surface area (Å²) >= 11 is 0. The molecule has 3 heterocycles. The molecule has 124 valence electrons. The molecule has 0 bridgehead atoms. The summed E-state index contributed by atoms with van der Waals surface area (Å²) in [5.74, 6) is 1.76. The van der Waals surface area contributed by atoms with Gasteiger partial charge in [-0.25, -0.2) is 4.98 Å². The number of hydrogen-bond donors (Lipinski definition) is 1. The molecule has 0 saturated heterocycles. The van der Waals surface area contributed by atoms with Crippen molar-refractivity contribution >= 4 is 0 Å². The van der Waals surface area contributed by atoms with Crippen molar-refractivity contribution in [3.05, 3.63) is 47.8 Å². The molecule has 0 unspecified atom stereocenters. The highest BCUT2D eigenvalue weighted by Gasteiger charge is 2.26. The van der Waals surface area contributed by atoms with Gasteiger partial charge in [-0.05, 0) is 37.5 Å². The summed E-state index contributed by atoms with van der Waals surface area (Å²) in [4.78, 5) is 9.06. The molecule has 0 aliphatic carbocycles. The number of rotatable bonds is 4. The lowest BCUT2D eigenvalue weighted by atomic mass is 9.93. The van der Waals surface area contributed by atoms with Crippen LogP contribution in [-0.2, 0) is 12.0 Å². The number of imidazole rings is 1. The van der Waals surface area contributed by atoms with E-state index in [1.165, 1.54) is 29.9 Å². The number of aromatic nitrogens is 3. The van der Waals surface area contributed by atoms with Crippen molar-refractivity contribution in [2.75, 3.05) is 6.54 Å². The minimum Gasteiger partial charge on any atom is -0.334 e. The van der Waals surface area contributed by atoms with Crippen LogP contribution in [-0.4, -0.2) is 21.1 Å². The molecule has 1 aliphatic rings. The number of pyridine rings is 1. The number of fused-ring (bicyclic) bond motifs is 1. The first-order valence-electron chi connectivity index (χ1n) is 8.66. The van der Waals surface area contributed by atoms with Crippen LogP contribution in [0.15, 0.2) is 30.7 Å². The predicted octanol–water partition coefficient (Wildman–Crippen LogP) is 3.80. The zero-order valence-electron chi connectivity index (χ0n) is 14.7. The van der Waals surface area contributed by atoms with Crippen LogP contribution in [0.3, 0.4) is 0 Å². The third-order valence-corrected chi connectivity index (χ3v) is 4.77. The van der Waals surface area contributed by atoms with E-state index in [1.807, 2.05) is 12.4 Å². The molecule has 0 fully saturated rings. The Morgan fingerprint density at radius 3 is 2.74 bits per heavy atom. The molecule has 0 radical (unpaired) electrons. The first-order chi connectivity index (χ1) is 10.9. The molecule has 3 rings (SSSR count). The molecular formula is C19H28N4. The Bertz CT molecular complexity index is 639. The van der Waals surface area contributed by atoms with E-state index < -0.39 is 0 Å². The number of hydrogen-bond acceptors (Lipinski definition) is 3. The fourth-order valence-electron chi connectivity index (χ4n) is 3.22. The van der Waals surface area contributed by atoms with Crippen molar-refractivity contribution in [3.8, 4) is 0 Å². The summed E-state index contributed by atoms with van der Waals surface area (Å²) in [7, 11) is 0. The lowest BCUT2D eigenvalue weighted by Crippen LogP contribution is -2.28. The Kier molecular flexibility index (Phi) is 4.53. The van der Waals surface area contributed by atoms with Crippen LogP contribution in [0.4, 0.5) is 0 Å². The summed E-state index contributed by atoms with van der Waals surface area (Å²) in [6.07, 6.45) is 8.43. The summed E-state index contributed by atoms with van der Waals surface area (Å²) < 4.78 is 2.37. The molecule has 0 spiro atoms. The van der Waals surface area contributed by atoms with Gasteiger partial charge in [0.15, 0.2) is 0 Å². The monoisotopic (exact) mass is 312 g/mol. The lowest BCUT2D eigenvalue weighted by Gasteiger charge is -2.25. The smallest absolute Gasteiger partial charge is 0.113 e. The van der Waals surface area contributed by atoms with E-state index in [4.69, 9.17) is 4.98 Å². The maximum Gasteiger partial charge on any atom is 0.113 e. The molecule has 0 saturated carbocycles. The van der Waals surface area contributed by atoms with Crippen LogP contribution < -0.4 is 5.32 Å². The quantitative estimate of drug-likeness (QED) is 0.933. The van der Waals surface area contributed by atoms with Crippen LogP contribution in [0.5, 0.6) is 0 Å². The minimum absolute atomic E-state index is 0.118. The zero-order chi connectivity index (χ0) is 16.4. The highest BCUT2D eigenvalue weighted by Crippen LogP contribution is 2.30. The molecule has 1 aliphatic heterocycles. The summed E-state index contributed by atoms with van der Waals surface area (Å²) in [6, 6.07) is 4.50. The van der Waals surface area contributed by atoms with Gasteiger partial charge in [-0.1, -0.05) is 20.8 Å². The fourth-order valence-corrected chi connectivity index (χ4v) is 3.22. The van der Waals surface area contributed by atoms with Gasteiger partial charge in [-0.3, -0.25) is 4.98 Å². The lowest BCUT2D eigenvalue weighted by molar-refractivity contribution is 0.408. The van der Waals surface area contributed by atoms with E-state index in [1.54, 1.807) is 0 Å². The van der Waals surface area contributed by atoms with E-state index in [0.29, 0.717) is 12.0 Å². The Morgan fingerprint density at radius 2 is 2.04 bits per heavy atom. The van der Waals surface area contributed by atoms with Gasteiger partial charge >= 0.3 is 0 Å². The predicted molar refractivity (Wildman–Crippen MR) is 93.6 cm³/mol. The first-order valence-corrected chi connectivity index (χ1v) is 8.66. The highest BCUT2D eigenvalue weighted by atomic mass is 15.1. The summed E-state index contributed by atoms with van der Waals surface area (Å²) in [5, 5.41) is 3.68. The Labute approximate surface area is 139 Å². The van der Waals surface area contributed by atoms with E-state index >= 15 is 0 Å². The third kappa shape index (κ3) is 3.63. The van der Waals surface area contributed by atoms with Crippen molar-refractivity contribution < 1.29 is 0 Å². The molecule has 23 heavy (non-hydrogen) atoms. The normalized spacial score (nSPS) is 19.4. The van der Waals surface area contributed by atoms with Gasteiger partial charge in [-0.15, -0.1) is 0 Å². The van der Waals surface area contributed by atoms with E-state index in [0.717, 1.165) is 13.1 Å². The molecule has 4 heteroatoms. The topological polar surface area (TPSA) is 42.7 Å². The summed E-state index contributed by atoms with van der Waals surface area (Å²) in [5.41, 5.74) is 2.61. The van der Waals surface area contributed by atoms with Gasteiger partial charge in [0.25, 0.3) is 0 Å². The molecule has 0 aromatic carbocycles. The Hall–Kier alpha value is -1.68. The van der Waals surface area contributed by atoms with Gasteiger partial charge < -0.3 is 9.88 Å². The number of nitrogens with zero attached hydrogens (tertiary/aromatic N) is 3. The fraction of sp³-hybridized carbons (Fsp3) is 0.579. The largest absolute Gasteiger partial charge is 0.334 e. The second-order valence-corrected chi connectivity index (χ2v) is 7.68. The number of aryl methyl sites for hydroxylation is 1. The van der Waals surface area contributed by atoms with Gasteiger partial charge in [0.1, 0.15) is 5.82 Å². The maximum absolute atomic E-state index is 4.97. The van der Waals surface area contributed by atoms with Crippen molar-refractivity contribution in [3.63, 3.8) is 0 Å². The standard InChI is InChI=1S/C19H28N4/c1-14(15-7-9-20-10-8-15)21-12-16-6-5-11-23-13-17(19(2,3)4)22-18(16)23/h7-10,13-14,16,21H,5-6,11-12H2,1-4H3/t14-,16-/m1/s1. The van der Waals surface area contributed by atoms with Crippen LogP contribution in [0, 0.1) is 0 Å². The molecule has 2 aromatic rings. The van der Waals surface area contributed by atoms with Gasteiger partial charge in [0.2, 0.25) is 0 Å². The van der Waals surface area contributed by atoms with Crippen molar-refractivity contribution in [2.24, 2.45) is 0 Å². The first kappa shape index (κ1) is 16.2. The van der Waals surface area contributed by atoms with Crippen LogP contribution >= 0.6 is 0 Å². The average molecular weight is 312 g/mol. The molecule has 1 N–H and O–H groups in total. The molecule has 0 amide bonds. The molecule has 4 nitrogen and oxygen atoms in total. The van der Waals surface area contributed by atoms with Gasteiger partial charge in [0, 0.05) is 49.1 Å². The number of nitrogens with one attached hydrogen (secondary N) is 1. The second-order valence-electron chi connectivity index (χ2n) is 7.68. The zero-order valence-corrected chi connectivity index (χ0v) is 14.7. The minimum atomic E-state index is 0.118. The van der Waals surface area contributed by atoms with Crippen molar-refractivity contribution in [1.29, 1.82) is 0 Å². The van der Waals surface area contributed by atoms with Gasteiger partial charge in [-0.2, -0.15) is 0 Å². The maximum atomic E-state index is 4.97. The molecule has 2 aromatic heterocycles. The second kappa shape index (κ2) is 6.44. The van der Waals surface area contributed by atoms with E-state index in [2.05, 4.69) is 60.9 Å². The summed E-state index contributed by atoms with van der Waals surface area (Å²) in [6.45, 7) is 11.0. The molecule has 2 atom stereocenters. The SMILES string of the molecule is C[C@@H](NC[C@H]1CCCn2cc(C(C)(C)C)nc21)c1ccncc1. The van der Waals surface area contributed by atoms with Crippen LogP contribution in [0.1, 0.15) is 69.6 Å². The van der Waals surface area contributed by atoms with Crippen molar-refractivity contribution in [1.82, 2.24) is 19.9 Å². The van der Waals surface area contributed by atoms with Gasteiger partial charge in [0.05, 0.1) is 5.69 Å². The van der Waals surface area contributed by atoms with E-state index in [-0.39, 0.29) is 5.41 Å². The molecular weight excluding hydrogens is 284 g/mol. The van der Waals surface area contributed by atoms with Crippen LogP contribution in [0.2, 0.25) is 0 Å². The van der Waals surface area contributed by atoms with Crippen LogP contribution in [0.25, 0.3) is 0 Å². The Morgan fingerprint density at radius 1 is 1.30 bits per heavy atom. The van der Waals surface area contributed by atoms with Crippen molar-refractivity contribution in [2.45, 2.75) is 64.5 Å². The highest BCUT2D eigenvalue weighted by molar-refractivity contribution is 5.18.